The lowest BCUT2D eigenvalue weighted by Gasteiger charge is -2.09. The van der Waals surface area contributed by atoms with Crippen molar-refractivity contribution in [2.24, 2.45) is 0 Å². The first-order valence-electron chi connectivity index (χ1n) is 9.30. The van der Waals surface area contributed by atoms with Gasteiger partial charge < -0.3 is 28.8 Å². The van der Waals surface area contributed by atoms with Gasteiger partial charge in [0.1, 0.15) is 18.0 Å². The number of nitrogens with one attached hydrogen (secondary N) is 1. The number of amides is 1. The molecule has 1 N–H and O–H groups in total. The Labute approximate surface area is 178 Å². The number of nitrogens with zero attached hydrogens (tertiary/aromatic N) is 1. The molecule has 0 aliphatic rings. The molecule has 9 heteroatoms. The van der Waals surface area contributed by atoms with Gasteiger partial charge in [-0.05, 0) is 42.5 Å². The van der Waals surface area contributed by atoms with Crippen LogP contribution in [0.25, 0.3) is 11.3 Å². The third-order valence-electron chi connectivity index (χ3n) is 4.36. The fourth-order valence-corrected chi connectivity index (χ4v) is 2.71. The molecule has 1 amide bonds. The Kier molecular flexibility index (Phi) is 7.10. The molecule has 0 aliphatic heterocycles. The van der Waals surface area contributed by atoms with Gasteiger partial charge in [-0.2, -0.15) is 0 Å². The number of rotatable bonds is 9. The molecule has 3 rings (SSSR count). The fourth-order valence-electron chi connectivity index (χ4n) is 2.71. The zero-order valence-electron chi connectivity index (χ0n) is 17.3. The van der Waals surface area contributed by atoms with E-state index >= 15 is 0 Å². The van der Waals surface area contributed by atoms with Crippen molar-refractivity contribution in [1.82, 2.24) is 10.5 Å². The molecule has 0 bridgehead atoms. The molecule has 162 valence electrons. The first kappa shape index (κ1) is 21.7. The number of ether oxygens (including phenoxy) is 4. The van der Waals surface area contributed by atoms with E-state index in [0.29, 0.717) is 28.5 Å². The van der Waals surface area contributed by atoms with E-state index in [2.05, 4.69) is 10.5 Å². The summed E-state index contributed by atoms with van der Waals surface area (Å²) >= 11 is 0. The van der Waals surface area contributed by atoms with E-state index in [1.807, 2.05) is 24.3 Å². The zero-order chi connectivity index (χ0) is 22.2. The van der Waals surface area contributed by atoms with Crippen LogP contribution in [0, 0.1) is 0 Å². The van der Waals surface area contributed by atoms with Crippen molar-refractivity contribution in [1.29, 1.82) is 0 Å². The van der Waals surface area contributed by atoms with Gasteiger partial charge in [-0.25, -0.2) is 0 Å². The molecule has 0 unspecified atom stereocenters. The molecule has 0 radical (unpaired) electrons. The Morgan fingerprint density at radius 2 is 1.68 bits per heavy atom. The van der Waals surface area contributed by atoms with Gasteiger partial charge in [0.25, 0.3) is 5.91 Å². The highest BCUT2D eigenvalue weighted by Crippen LogP contribution is 2.27. The van der Waals surface area contributed by atoms with Crippen LogP contribution in [-0.4, -0.2) is 44.9 Å². The quantitative estimate of drug-likeness (QED) is 0.520. The van der Waals surface area contributed by atoms with E-state index in [-0.39, 0.29) is 13.2 Å². The number of carbonyl (C=O) groups excluding carboxylic acids is 2. The summed E-state index contributed by atoms with van der Waals surface area (Å²) in [5.74, 6) is 0.965. The molecule has 0 fully saturated rings. The number of benzene rings is 2. The molecule has 3 aromatic rings. The monoisotopic (exact) mass is 426 g/mol. The van der Waals surface area contributed by atoms with Gasteiger partial charge in [0.15, 0.2) is 23.9 Å². The van der Waals surface area contributed by atoms with Crippen LogP contribution in [0.2, 0.25) is 0 Å². The summed E-state index contributed by atoms with van der Waals surface area (Å²) < 4.78 is 25.7. The lowest BCUT2D eigenvalue weighted by Crippen LogP contribution is -2.30. The van der Waals surface area contributed by atoms with Crippen molar-refractivity contribution in [3.8, 4) is 28.5 Å². The van der Waals surface area contributed by atoms with Crippen molar-refractivity contribution in [2.75, 3.05) is 27.9 Å². The van der Waals surface area contributed by atoms with Crippen molar-refractivity contribution in [3.05, 3.63) is 59.9 Å². The van der Waals surface area contributed by atoms with Gasteiger partial charge in [0.2, 0.25) is 0 Å². The summed E-state index contributed by atoms with van der Waals surface area (Å²) in [4.78, 5) is 24.2. The maximum atomic E-state index is 12.2. The molecule has 0 saturated carbocycles. The Bertz CT molecular complexity index is 1040. The Morgan fingerprint density at radius 3 is 2.35 bits per heavy atom. The molecule has 0 saturated heterocycles. The van der Waals surface area contributed by atoms with E-state index in [4.69, 9.17) is 23.5 Å². The molecule has 1 heterocycles. The third-order valence-corrected chi connectivity index (χ3v) is 4.36. The average Bonchev–Trinajstić information content (AvgIpc) is 3.29. The number of aromatic nitrogens is 1. The van der Waals surface area contributed by atoms with E-state index in [0.717, 1.165) is 11.3 Å². The van der Waals surface area contributed by atoms with E-state index in [1.54, 1.807) is 25.3 Å². The second kappa shape index (κ2) is 10.1. The zero-order valence-corrected chi connectivity index (χ0v) is 17.3. The smallest absolute Gasteiger partial charge is 0.325 e. The van der Waals surface area contributed by atoms with Gasteiger partial charge in [-0.15, -0.1) is 0 Å². The highest BCUT2D eigenvalue weighted by atomic mass is 16.6. The number of hydrogen-bond donors (Lipinski definition) is 1. The lowest BCUT2D eigenvalue weighted by molar-refractivity contribution is -0.144. The van der Waals surface area contributed by atoms with Crippen LogP contribution in [-0.2, 0) is 16.1 Å². The Hall–Kier alpha value is -4.01. The molecule has 31 heavy (non-hydrogen) atoms. The second-order valence-electron chi connectivity index (χ2n) is 6.32. The van der Waals surface area contributed by atoms with Gasteiger partial charge in [-0.3, -0.25) is 9.59 Å². The molecule has 0 spiro atoms. The fraction of sp³-hybridized carbons (Fsp3) is 0.227. The summed E-state index contributed by atoms with van der Waals surface area (Å²) in [5.41, 5.74) is 1.77. The summed E-state index contributed by atoms with van der Waals surface area (Å²) in [6, 6.07) is 13.7. The standard InChI is InChI=1S/C22H22N2O7/c1-27-16-7-4-14(5-8-16)18-11-17(31-24-18)13-30-21(25)12-23-22(26)15-6-9-19(28-2)20(10-15)29-3/h4-11H,12-13H2,1-3H3,(H,23,26). The highest BCUT2D eigenvalue weighted by molar-refractivity contribution is 5.96. The SMILES string of the molecule is COc1ccc(-c2cc(COC(=O)CNC(=O)c3ccc(OC)c(OC)c3)on2)cc1. The van der Waals surface area contributed by atoms with E-state index < -0.39 is 11.9 Å². The van der Waals surface area contributed by atoms with Crippen LogP contribution < -0.4 is 19.5 Å². The number of hydrogen-bond acceptors (Lipinski definition) is 8. The first-order chi connectivity index (χ1) is 15.0. The van der Waals surface area contributed by atoms with Gasteiger partial charge in [-0.1, -0.05) is 5.16 Å². The molecular formula is C22H22N2O7. The van der Waals surface area contributed by atoms with Crippen molar-refractivity contribution < 1.29 is 33.1 Å². The predicted octanol–water partition coefficient (Wildman–Crippen LogP) is 2.84. The minimum absolute atomic E-state index is 0.103. The summed E-state index contributed by atoms with van der Waals surface area (Å²) in [5, 5.41) is 6.46. The maximum absolute atomic E-state index is 12.2. The summed E-state index contributed by atoms with van der Waals surface area (Å²) in [6.45, 7) is -0.402. The topological polar surface area (TPSA) is 109 Å². The maximum Gasteiger partial charge on any atom is 0.325 e. The minimum Gasteiger partial charge on any atom is -0.497 e. The molecule has 0 atom stereocenters. The largest absolute Gasteiger partial charge is 0.497 e. The summed E-state index contributed by atoms with van der Waals surface area (Å²) in [7, 11) is 4.57. The number of methoxy groups -OCH3 is 3. The minimum atomic E-state index is -0.615. The second-order valence-corrected chi connectivity index (χ2v) is 6.32. The molecule has 1 aromatic heterocycles. The van der Waals surface area contributed by atoms with Gasteiger partial charge in [0, 0.05) is 17.2 Å². The molecule has 0 aliphatic carbocycles. The van der Waals surface area contributed by atoms with Crippen LogP contribution in [0.5, 0.6) is 17.2 Å². The Morgan fingerprint density at radius 1 is 0.935 bits per heavy atom. The molecule has 2 aromatic carbocycles. The highest BCUT2D eigenvalue weighted by Gasteiger charge is 2.14. The Balaban J connectivity index is 1.49. The number of esters is 1. The van der Waals surface area contributed by atoms with Crippen molar-refractivity contribution >= 4 is 11.9 Å². The van der Waals surface area contributed by atoms with Crippen LogP contribution >= 0.6 is 0 Å². The van der Waals surface area contributed by atoms with E-state index in [9.17, 15) is 9.59 Å². The van der Waals surface area contributed by atoms with Gasteiger partial charge >= 0.3 is 5.97 Å². The van der Waals surface area contributed by atoms with Crippen LogP contribution in [0.15, 0.2) is 53.1 Å². The van der Waals surface area contributed by atoms with Crippen molar-refractivity contribution in [2.45, 2.75) is 6.61 Å². The predicted molar refractivity (Wildman–Crippen MR) is 110 cm³/mol. The van der Waals surface area contributed by atoms with E-state index in [1.165, 1.54) is 20.3 Å². The van der Waals surface area contributed by atoms with Crippen molar-refractivity contribution in [3.63, 3.8) is 0 Å². The normalized spacial score (nSPS) is 10.3. The summed E-state index contributed by atoms with van der Waals surface area (Å²) in [6.07, 6.45) is 0. The first-order valence-corrected chi connectivity index (χ1v) is 9.30. The third kappa shape index (κ3) is 5.53. The number of carbonyl (C=O) groups is 2. The van der Waals surface area contributed by atoms with Crippen LogP contribution in [0.1, 0.15) is 16.1 Å². The molecular weight excluding hydrogens is 404 g/mol. The molecule has 9 nitrogen and oxygen atoms in total. The van der Waals surface area contributed by atoms with Crippen LogP contribution in [0.4, 0.5) is 0 Å². The van der Waals surface area contributed by atoms with Gasteiger partial charge in [0.05, 0.1) is 21.3 Å². The average molecular weight is 426 g/mol. The van der Waals surface area contributed by atoms with Crippen LogP contribution in [0.3, 0.4) is 0 Å². The lowest BCUT2D eigenvalue weighted by atomic mass is 10.1.